The number of benzene rings is 1. The third-order valence-electron chi connectivity index (χ3n) is 2.84. The zero-order valence-corrected chi connectivity index (χ0v) is 10.4. The first-order valence-corrected chi connectivity index (χ1v) is 5.96. The van der Waals surface area contributed by atoms with Crippen molar-refractivity contribution in [1.82, 2.24) is 9.88 Å². The molecule has 0 amide bonds. The number of nitrogens with one attached hydrogen (secondary N) is 1. The molecule has 0 aliphatic rings. The monoisotopic (exact) mass is 226 g/mol. The van der Waals surface area contributed by atoms with Crippen LogP contribution in [0.5, 0.6) is 0 Å². The van der Waals surface area contributed by atoms with Crippen molar-refractivity contribution >= 4 is 10.9 Å². The minimum Gasteiger partial charge on any atom is -0.332 e. The Balaban J connectivity index is 2.39. The molecule has 1 N–H and O–H groups in total. The SMILES string of the molecule is C#CCn1c(CNC(C)C)cc2ccccc21. The number of fused-ring (bicyclic) bond motifs is 1. The van der Waals surface area contributed by atoms with Gasteiger partial charge in [0.15, 0.2) is 0 Å². The fourth-order valence-corrected chi connectivity index (χ4v) is 2.00. The second-order valence-electron chi connectivity index (χ2n) is 4.52. The van der Waals surface area contributed by atoms with Gasteiger partial charge >= 0.3 is 0 Å². The van der Waals surface area contributed by atoms with E-state index in [9.17, 15) is 0 Å². The quantitative estimate of drug-likeness (QED) is 0.793. The summed E-state index contributed by atoms with van der Waals surface area (Å²) in [5.74, 6) is 2.73. The second kappa shape index (κ2) is 5.07. The Morgan fingerprint density at radius 3 is 2.82 bits per heavy atom. The summed E-state index contributed by atoms with van der Waals surface area (Å²) in [4.78, 5) is 0. The normalized spacial score (nSPS) is 10.9. The van der Waals surface area contributed by atoms with Crippen molar-refractivity contribution in [2.45, 2.75) is 33.0 Å². The Bertz CT molecular complexity index is 544. The molecule has 0 atom stereocenters. The highest BCUT2D eigenvalue weighted by Gasteiger charge is 2.07. The van der Waals surface area contributed by atoms with Gasteiger partial charge in [-0.15, -0.1) is 6.42 Å². The molecule has 0 spiro atoms. The van der Waals surface area contributed by atoms with E-state index in [1.165, 1.54) is 16.6 Å². The van der Waals surface area contributed by atoms with E-state index in [-0.39, 0.29) is 0 Å². The van der Waals surface area contributed by atoms with Crippen LogP contribution in [-0.2, 0) is 13.1 Å². The molecular weight excluding hydrogens is 208 g/mol. The average molecular weight is 226 g/mol. The zero-order valence-electron chi connectivity index (χ0n) is 10.4. The maximum absolute atomic E-state index is 5.44. The zero-order chi connectivity index (χ0) is 12.3. The molecule has 0 unspecified atom stereocenters. The molecular formula is C15H18N2. The number of rotatable bonds is 4. The topological polar surface area (TPSA) is 17.0 Å². The third kappa shape index (κ3) is 2.51. The molecule has 0 saturated carbocycles. The first kappa shape index (κ1) is 11.8. The van der Waals surface area contributed by atoms with Crippen LogP contribution >= 0.6 is 0 Å². The molecule has 1 aromatic heterocycles. The van der Waals surface area contributed by atoms with Gasteiger partial charge in [0.25, 0.3) is 0 Å². The van der Waals surface area contributed by atoms with E-state index in [4.69, 9.17) is 6.42 Å². The highest BCUT2D eigenvalue weighted by molar-refractivity contribution is 5.81. The molecule has 0 fully saturated rings. The Hall–Kier alpha value is -1.72. The van der Waals surface area contributed by atoms with Gasteiger partial charge in [-0.2, -0.15) is 0 Å². The second-order valence-corrected chi connectivity index (χ2v) is 4.52. The van der Waals surface area contributed by atoms with Crippen molar-refractivity contribution in [3.8, 4) is 12.3 Å². The molecule has 2 nitrogen and oxygen atoms in total. The summed E-state index contributed by atoms with van der Waals surface area (Å²) in [5.41, 5.74) is 2.46. The van der Waals surface area contributed by atoms with E-state index >= 15 is 0 Å². The van der Waals surface area contributed by atoms with Gasteiger partial charge in [0, 0.05) is 23.8 Å². The van der Waals surface area contributed by atoms with Gasteiger partial charge in [0.1, 0.15) is 0 Å². The maximum Gasteiger partial charge on any atom is 0.0838 e. The summed E-state index contributed by atoms with van der Waals surface area (Å²) < 4.78 is 2.20. The molecule has 0 bridgehead atoms. The molecule has 2 aromatic rings. The van der Waals surface area contributed by atoms with E-state index in [0.29, 0.717) is 12.6 Å². The highest BCUT2D eigenvalue weighted by Crippen LogP contribution is 2.19. The van der Waals surface area contributed by atoms with Gasteiger partial charge in [-0.05, 0) is 17.5 Å². The van der Waals surface area contributed by atoms with Crippen LogP contribution in [0, 0.1) is 12.3 Å². The molecule has 0 aliphatic heterocycles. The van der Waals surface area contributed by atoms with E-state index in [1.807, 2.05) is 0 Å². The van der Waals surface area contributed by atoms with Crippen LogP contribution in [0.2, 0.25) is 0 Å². The first-order valence-electron chi connectivity index (χ1n) is 5.96. The predicted molar refractivity (Wildman–Crippen MR) is 72.7 cm³/mol. The summed E-state index contributed by atoms with van der Waals surface area (Å²) in [7, 11) is 0. The number of para-hydroxylation sites is 1. The Kier molecular flexibility index (Phi) is 3.51. The van der Waals surface area contributed by atoms with E-state index in [0.717, 1.165) is 6.54 Å². The van der Waals surface area contributed by atoms with Crippen molar-refractivity contribution < 1.29 is 0 Å². The van der Waals surface area contributed by atoms with Crippen LogP contribution < -0.4 is 5.32 Å². The summed E-state index contributed by atoms with van der Waals surface area (Å²) in [5, 5.41) is 4.69. The van der Waals surface area contributed by atoms with E-state index in [2.05, 4.69) is 60.0 Å². The van der Waals surface area contributed by atoms with Crippen molar-refractivity contribution in [2.75, 3.05) is 0 Å². The average Bonchev–Trinajstić information content (AvgIpc) is 2.66. The molecule has 1 aromatic carbocycles. The number of nitrogens with zero attached hydrogens (tertiary/aromatic N) is 1. The van der Waals surface area contributed by atoms with Crippen molar-refractivity contribution in [2.24, 2.45) is 0 Å². The number of aromatic nitrogens is 1. The summed E-state index contributed by atoms with van der Waals surface area (Å²) in [6.45, 7) is 5.78. The lowest BCUT2D eigenvalue weighted by Crippen LogP contribution is -2.23. The van der Waals surface area contributed by atoms with Crippen LogP contribution in [0.15, 0.2) is 30.3 Å². The highest BCUT2D eigenvalue weighted by atomic mass is 15.0. The lowest BCUT2D eigenvalue weighted by Gasteiger charge is -2.10. The lowest BCUT2D eigenvalue weighted by atomic mass is 10.2. The Labute approximate surface area is 103 Å². The van der Waals surface area contributed by atoms with Crippen LogP contribution in [-0.4, -0.2) is 10.6 Å². The summed E-state index contributed by atoms with van der Waals surface area (Å²) in [6, 6.07) is 11.0. The van der Waals surface area contributed by atoms with Crippen LogP contribution in [0.25, 0.3) is 10.9 Å². The lowest BCUT2D eigenvalue weighted by molar-refractivity contribution is 0.569. The molecule has 2 heteroatoms. The molecule has 1 heterocycles. The third-order valence-corrected chi connectivity index (χ3v) is 2.84. The predicted octanol–water partition coefficient (Wildman–Crippen LogP) is 2.77. The Morgan fingerprint density at radius 1 is 1.35 bits per heavy atom. The fourth-order valence-electron chi connectivity index (χ4n) is 2.00. The van der Waals surface area contributed by atoms with Gasteiger partial charge in [-0.3, -0.25) is 0 Å². The van der Waals surface area contributed by atoms with E-state index < -0.39 is 0 Å². The standard InChI is InChI=1S/C15H18N2/c1-4-9-17-14(11-16-12(2)3)10-13-7-5-6-8-15(13)17/h1,5-8,10,12,16H,9,11H2,2-3H3. The number of hydrogen-bond acceptors (Lipinski definition) is 1. The van der Waals surface area contributed by atoms with Gasteiger partial charge < -0.3 is 9.88 Å². The fraction of sp³-hybridized carbons (Fsp3) is 0.333. The maximum atomic E-state index is 5.44. The first-order chi connectivity index (χ1) is 8.22. The van der Waals surface area contributed by atoms with Crippen molar-refractivity contribution in [3.05, 3.63) is 36.0 Å². The van der Waals surface area contributed by atoms with E-state index in [1.54, 1.807) is 0 Å². The van der Waals surface area contributed by atoms with Gasteiger partial charge in [-0.25, -0.2) is 0 Å². The molecule has 88 valence electrons. The van der Waals surface area contributed by atoms with Gasteiger partial charge in [0.05, 0.1) is 6.54 Å². The summed E-state index contributed by atoms with van der Waals surface area (Å²) >= 11 is 0. The number of terminal acetylenes is 1. The largest absolute Gasteiger partial charge is 0.332 e. The summed E-state index contributed by atoms with van der Waals surface area (Å²) in [6.07, 6.45) is 5.44. The molecule has 17 heavy (non-hydrogen) atoms. The van der Waals surface area contributed by atoms with Gasteiger partial charge in [0.2, 0.25) is 0 Å². The minimum atomic E-state index is 0.479. The molecule has 0 aliphatic carbocycles. The molecule has 0 saturated heterocycles. The smallest absolute Gasteiger partial charge is 0.0838 e. The van der Waals surface area contributed by atoms with Crippen LogP contribution in [0.4, 0.5) is 0 Å². The molecule has 0 radical (unpaired) electrons. The van der Waals surface area contributed by atoms with Crippen LogP contribution in [0.1, 0.15) is 19.5 Å². The van der Waals surface area contributed by atoms with Gasteiger partial charge in [-0.1, -0.05) is 38.0 Å². The minimum absolute atomic E-state index is 0.479. The molecule has 2 rings (SSSR count). The number of hydrogen-bond donors (Lipinski definition) is 1. The van der Waals surface area contributed by atoms with Crippen molar-refractivity contribution in [1.29, 1.82) is 0 Å². The van der Waals surface area contributed by atoms with Crippen molar-refractivity contribution in [3.63, 3.8) is 0 Å². The Morgan fingerprint density at radius 2 is 2.12 bits per heavy atom. The van der Waals surface area contributed by atoms with Crippen LogP contribution in [0.3, 0.4) is 0 Å².